The Balaban J connectivity index is 1.89. The number of fused-ring (bicyclic) bond motifs is 1. The summed E-state index contributed by atoms with van der Waals surface area (Å²) in [6, 6.07) is 4.31. The molecule has 0 spiro atoms. The molecular weight excluding hydrogens is 260 g/mol. The third kappa shape index (κ3) is 2.74. The van der Waals surface area contributed by atoms with Crippen molar-refractivity contribution in [2.75, 3.05) is 7.11 Å². The van der Waals surface area contributed by atoms with E-state index in [1.807, 2.05) is 19.4 Å². The van der Waals surface area contributed by atoms with Crippen LogP contribution < -0.4 is 5.73 Å². The van der Waals surface area contributed by atoms with Crippen molar-refractivity contribution in [2.45, 2.75) is 69.4 Å². The summed E-state index contributed by atoms with van der Waals surface area (Å²) in [5.41, 5.74) is 9.24. The highest BCUT2D eigenvalue weighted by atomic mass is 16.5. The van der Waals surface area contributed by atoms with Crippen LogP contribution in [0.15, 0.2) is 18.3 Å². The summed E-state index contributed by atoms with van der Waals surface area (Å²) in [4.78, 5) is 4.67. The van der Waals surface area contributed by atoms with E-state index in [1.165, 1.54) is 30.5 Å². The number of nitrogens with two attached hydrogens (primary N) is 1. The fraction of sp³-hybridized carbons (Fsp3) is 0.722. The van der Waals surface area contributed by atoms with E-state index in [0.717, 1.165) is 25.7 Å². The van der Waals surface area contributed by atoms with Crippen molar-refractivity contribution in [1.29, 1.82) is 0 Å². The summed E-state index contributed by atoms with van der Waals surface area (Å²) in [6.45, 7) is 2.33. The quantitative estimate of drug-likeness (QED) is 0.927. The number of rotatable bonds is 3. The van der Waals surface area contributed by atoms with Crippen LogP contribution in [0, 0.1) is 5.92 Å². The lowest BCUT2D eigenvalue weighted by molar-refractivity contribution is -0.0774. The minimum Gasteiger partial charge on any atom is -0.377 e. The molecule has 116 valence electrons. The van der Waals surface area contributed by atoms with Crippen molar-refractivity contribution in [3.05, 3.63) is 29.6 Å². The average molecular weight is 288 g/mol. The number of hydrogen-bond donors (Lipinski definition) is 1. The largest absolute Gasteiger partial charge is 0.377 e. The second kappa shape index (κ2) is 6.05. The molecule has 3 rings (SSSR count). The lowest BCUT2D eigenvalue weighted by Gasteiger charge is -2.46. The summed E-state index contributed by atoms with van der Waals surface area (Å²) in [6.07, 6.45) is 10.1. The van der Waals surface area contributed by atoms with Gasteiger partial charge in [-0.25, -0.2) is 0 Å². The van der Waals surface area contributed by atoms with Gasteiger partial charge in [-0.05, 0) is 49.7 Å². The highest BCUT2D eigenvalue weighted by Gasteiger charge is 2.45. The lowest BCUT2D eigenvalue weighted by Crippen LogP contribution is -2.55. The summed E-state index contributed by atoms with van der Waals surface area (Å²) >= 11 is 0. The van der Waals surface area contributed by atoms with E-state index < -0.39 is 0 Å². The van der Waals surface area contributed by atoms with Crippen molar-refractivity contribution in [1.82, 2.24) is 4.98 Å². The van der Waals surface area contributed by atoms with Crippen molar-refractivity contribution in [2.24, 2.45) is 11.7 Å². The normalized spacial score (nSPS) is 34.2. The predicted molar refractivity (Wildman–Crippen MR) is 85.3 cm³/mol. The smallest absolute Gasteiger partial charge is 0.0837 e. The first-order valence-electron chi connectivity index (χ1n) is 8.41. The average Bonchev–Trinajstić information content (AvgIpc) is 2.53. The fourth-order valence-corrected chi connectivity index (χ4v) is 4.53. The van der Waals surface area contributed by atoms with E-state index in [2.05, 4.69) is 18.0 Å². The van der Waals surface area contributed by atoms with Gasteiger partial charge in [-0.1, -0.05) is 25.8 Å². The van der Waals surface area contributed by atoms with Gasteiger partial charge in [0.2, 0.25) is 0 Å². The molecule has 1 heterocycles. The summed E-state index contributed by atoms with van der Waals surface area (Å²) < 4.78 is 6.03. The van der Waals surface area contributed by atoms with Crippen LogP contribution >= 0.6 is 0 Å². The number of hydrogen-bond acceptors (Lipinski definition) is 3. The van der Waals surface area contributed by atoms with Crippen molar-refractivity contribution >= 4 is 0 Å². The van der Waals surface area contributed by atoms with E-state index in [-0.39, 0.29) is 11.6 Å². The Morgan fingerprint density at radius 2 is 2.24 bits per heavy atom. The maximum absolute atomic E-state index is 6.78. The molecule has 1 aromatic rings. The van der Waals surface area contributed by atoms with Crippen LogP contribution in [0.5, 0.6) is 0 Å². The van der Waals surface area contributed by atoms with Gasteiger partial charge in [0.15, 0.2) is 0 Å². The van der Waals surface area contributed by atoms with Crippen molar-refractivity contribution in [3.63, 3.8) is 0 Å². The SMILES string of the molecule is COC1(C(N)C2CCCc3cccnc32)CCCC(C)C1. The number of aromatic nitrogens is 1. The van der Waals surface area contributed by atoms with Crippen LogP contribution in [0.2, 0.25) is 0 Å². The minimum atomic E-state index is -0.158. The second-order valence-corrected chi connectivity index (χ2v) is 7.04. The van der Waals surface area contributed by atoms with Crippen LogP contribution in [0.25, 0.3) is 0 Å². The third-order valence-electron chi connectivity index (χ3n) is 5.68. The zero-order valence-corrected chi connectivity index (χ0v) is 13.3. The molecular formula is C18H28N2O. The molecule has 0 aromatic carbocycles. The first kappa shape index (κ1) is 15.0. The summed E-state index contributed by atoms with van der Waals surface area (Å²) in [7, 11) is 1.85. The second-order valence-electron chi connectivity index (χ2n) is 7.04. The maximum Gasteiger partial charge on any atom is 0.0837 e. The molecule has 1 aromatic heterocycles. The van der Waals surface area contributed by atoms with Gasteiger partial charge in [0, 0.05) is 31.0 Å². The highest BCUT2D eigenvalue weighted by molar-refractivity contribution is 5.28. The van der Waals surface area contributed by atoms with Crippen LogP contribution in [0.4, 0.5) is 0 Å². The molecule has 0 radical (unpaired) electrons. The topological polar surface area (TPSA) is 48.1 Å². The molecule has 0 saturated heterocycles. The van der Waals surface area contributed by atoms with Gasteiger partial charge in [0.05, 0.1) is 5.60 Å². The number of nitrogens with zero attached hydrogens (tertiary/aromatic N) is 1. The Morgan fingerprint density at radius 3 is 3.00 bits per heavy atom. The first-order chi connectivity index (χ1) is 10.2. The van der Waals surface area contributed by atoms with E-state index in [9.17, 15) is 0 Å². The Kier molecular flexibility index (Phi) is 4.32. The maximum atomic E-state index is 6.78. The van der Waals surface area contributed by atoms with Gasteiger partial charge in [0.25, 0.3) is 0 Å². The molecule has 2 N–H and O–H groups in total. The summed E-state index contributed by atoms with van der Waals surface area (Å²) in [5, 5.41) is 0. The Morgan fingerprint density at radius 1 is 1.38 bits per heavy atom. The molecule has 0 aliphatic heterocycles. The minimum absolute atomic E-state index is 0.0548. The van der Waals surface area contributed by atoms with Crippen LogP contribution in [-0.4, -0.2) is 23.7 Å². The molecule has 3 nitrogen and oxygen atoms in total. The Bertz CT molecular complexity index is 490. The zero-order valence-electron chi connectivity index (χ0n) is 13.3. The lowest BCUT2D eigenvalue weighted by atomic mass is 9.68. The Hall–Kier alpha value is -0.930. The molecule has 4 atom stereocenters. The third-order valence-corrected chi connectivity index (χ3v) is 5.68. The number of aryl methyl sites for hydroxylation is 1. The predicted octanol–water partition coefficient (Wildman–Crippen LogP) is 3.42. The Labute approximate surface area is 128 Å². The van der Waals surface area contributed by atoms with E-state index in [1.54, 1.807) is 0 Å². The van der Waals surface area contributed by atoms with Gasteiger partial charge >= 0.3 is 0 Å². The molecule has 1 fully saturated rings. The fourth-order valence-electron chi connectivity index (χ4n) is 4.53. The van der Waals surface area contributed by atoms with E-state index >= 15 is 0 Å². The van der Waals surface area contributed by atoms with Gasteiger partial charge in [-0.2, -0.15) is 0 Å². The first-order valence-corrected chi connectivity index (χ1v) is 8.41. The standard InChI is InChI=1S/C18H28N2O/c1-13-6-4-10-18(12-13,21-2)17(19)15-9-3-7-14-8-5-11-20-16(14)15/h5,8,11,13,15,17H,3-4,6-7,9-10,12,19H2,1-2H3. The van der Waals surface area contributed by atoms with Crippen molar-refractivity contribution < 1.29 is 4.74 Å². The van der Waals surface area contributed by atoms with Crippen LogP contribution in [-0.2, 0) is 11.2 Å². The van der Waals surface area contributed by atoms with Crippen LogP contribution in [0.1, 0.15) is 62.6 Å². The number of ether oxygens (including phenoxy) is 1. The molecule has 2 aliphatic rings. The van der Waals surface area contributed by atoms with Gasteiger partial charge < -0.3 is 10.5 Å². The van der Waals surface area contributed by atoms with Gasteiger partial charge in [-0.3, -0.25) is 4.98 Å². The molecule has 0 bridgehead atoms. The van der Waals surface area contributed by atoms with E-state index in [4.69, 9.17) is 10.5 Å². The molecule has 3 heteroatoms. The number of pyridine rings is 1. The molecule has 2 aliphatic carbocycles. The molecule has 21 heavy (non-hydrogen) atoms. The molecule has 0 amide bonds. The van der Waals surface area contributed by atoms with E-state index in [0.29, 0.717) is 11.8 Å². The van der Waals surface area contributed by atoms with Crippen molar-refractivity contribution in [3.8, 4) is 0 Å². The highest BCUT2D eigenvalue weighted by Crippen LogP contribution is 2.43. The molecule has 4 unspecified atom stereocenters. The van der Waals surface area contributed by atoms with Gasteiger partial charge in [0.1, 0.15) is 0 Å². The van der Waals surface area contributed by atoms with Gasteiger partial charge in [-0.15, -0.1) is 0 Å². The monoisotopic (exact) mass is 288 g/mol. The van der Waals surface area contributed by atoms with Crippen LogP contribution in [0.3, 0.4) is 0 Å². The number of methoxy groups -OCH3 is 1. The summed E-state index contributed by atoms with van der Waals surface area (Å²) in [5.74, 6) is 1.05. The zero-order chi connectivity index (χ0) is 14.9. The molecule has 1 saturated carbocycles.